The molecule has 0 fully saturated rings. The van der Waals surface area contributed by atoms with E-state index in [9.17, 15) is 0 Å². The van der Waals surface area contributed by atoms with Gasteiger partial charge in [-0.1, -0.05) is 6.58 Å². The summed E-state index contributed by atoms with van der Waals surface area (Å²) in [6.45, 7) is 8.61. The van der Waals surface area contributed by atoms with Crippen LogP contribution < -0.4 is 0 Å². The monoisotopic (exact) mass is 114 g/mol. The molecule has 46 valence electrons. The van der Waals surface area contributed by atoms with Gasteiger partial charge in [0, 0.05) is 0 Å². The van der Waals surface area contributed by atoms with Crippen LogP contribution in [0.1, 0.15) is 6.92 Å². The van der Waals surface area contributed by atoms with Crippen molar-refractivity contribution in [2.24, 2.45) is 0 Å². The topological polar surface area (TPSA) is 18.5 Å². The van der Waals surface area contributed by atoms with E-state index in [2.05, 4.69) is 17.9 Å². The van der Waals surface area contributed by atoms with E-state index in [-0.39, 0.29) is 5.95 Å². The second-order valence-corrected chi connectivity index (χ2v) is 1.38. The van der Waals surface area contributed by atoms with Crippen LogP contribution in [0.2, 0.25) is 0 Å². The maximum absolute atomic E-state index is 4.79. The highest BCUT2D eigenvalue weighted by molar-refractivity contribution is 4.82. The molecule has 0 atom stereocenters. The molecular weight excluding hydrogens is 104 g/mol. The normalized spacial score (nSPS) is 7.75. The lowest BCUT2D eigenvalue weighted by Gasteiger charge is -2.03. The molecule has 0 aliphatic carbocycles. The van der Waals surface area contributed by atoms with Crippen LogP contribution in [0.25, 0.3) is 0 Å². The zero-order valence-corrected chi connectivity index (χ0v) is 5.23. The van der Waals surface area contributed by atoms with Crippen LogP contribution in [-0.2, 0) is 9.47 Å². The minimum atomic E-state index is 0.275. The molecule has 0 saturated heterocycles. The first-order chi connectivity index (χ1) is 3.66. The van der Waals surface area contributed by atoms with Crippen LogP contribution in [0.3, 0.4) is 0 Å². The van der Waals surface area contributed by atoms with Gasteiger partial charge in [0.1, 0.15) is 0 Å². The molecule has 0 radical (unpaired) electrons. The first-order valence-electron chi connectivity index (χ1n) is 2.23. The molecule has 0 rings (SSSR count). The van der Waals surface area contributed by atoms with Crippen molar-refractivity contribution in [3.05, 3.63) is 24.9 Å². The van der Waals surface area contributed by atoms with Crippen molar-refractivity contribution >= 4 is 0 Å². The fraction of sp³-hybridized carbons (Fsp3) is 0.333. The van der Waals surface area contributed by atoms with Crippen molar-refractivity contribution in [2.45, 2.75) is 6.92 Å². The van der Waals surface area contributed by atoms with Gasteiger partial charge in [0.25, 0.3) is 5.95 Å². The van der Waals surface area contributed by atoms with Crippen molar-refractivity contribution in [1.29, 1.82) is 0 Å². The van der Waals surface area contributed by atoms with Gasteiger partial charge in [0.15, 0.2) is 0 Å². The summed E-state index contributed by atoms with van der Waals surface area (Å²) in [7, 11) is 1.49. The fourth-order valence-electron chi connectivity index (χ4n) is 0.236. The highest BCUT2D eigenvalue weighted by atomic mass is 16.7. The Bertz CT molecular complexity index is 105. The number of hydrogen-bond donors (Lipinski definition) is 0. The standard InChI is InChI=1S/C6H10O2/c1-5(2)8-6(3)7-4/h1,3H2,2,4H3. The van der Waals surface area contributed by atoms with Crippen LogP contribution in [0, 0.1) is 0 Å². The average Bonchev–Trinajstić information content (AvgIpc) is 1.65. The third-order valence-electron chi connectivity index (χ3n) is 0.516. The Balaban J connectivity index is 3.40. The number of rotatable bonds is 3. The maximum Gasteiger partial charge on any atom is 0.276 e. The van der Waals surface area contributed by atoms with E-state index in [4.69, 9.17) is 4.74 Å². The summed E-state index contributed by atoms with van der Waals surface area (Å²) in [5, 5.41) is 0. The Morgan fingerprint density at radius 1 is 1.38 bits per heavy atom. The van der Waals surface area contributed by atoms with Crippen molar-refractivity contribution in [3.8, 4) is 0 Å². The lowest BCUT2D eigenvalue weighted by Crippen LogP contribution is -1.88. The number of allylic oxidation sites excluding steroid dienone is 1. The molecule has 0 aliphatic heterocycles. The molecule has 0 aromatic rings. The summed E-state index contributed by atoms with van der Waals surface area (Å²) >= 11 is 0. The Labute approximate surface area is 49.4 Å². The Morgan fingerprint density at radius 2 is 1.88 bits per heavy atom. The molecule has 0 aromatic carbocycles. The van der Waals surface area contributed by atoms with Gasteiger partial charge < -0.3 is 9.47 Å². The Morgan fingerprint density at radius 3 is 2.00 bits per heavy atom. The number of ether oxygens (including phenoxy) is 2. The first kappa shape index (κ1) is 7.08. The summed E-state index contributed by atoms with van der Waals surface area (Å²) < 4.78 is 9.37. The second kappa shape index (κ2) is 3.13. The van der Waals surface area contributed by atoms with E-state index in [1.807, 2.05) is 0 Å². The lowest BCUT2D eigenvalue weighted by molar-refractivity contribution is 0.107. The summed E-state index contributed by atoms with van der Waals surface area (Å²) in [4.78, 5) is 0. The zero-order chi connectivity index (χ0) is 6.57. The summed E-state index contributed by atoms with van der Waals surface area (Å²) in [6.07, 6.45) is 0. The van der Waals surface area contributed by atoms with Crippen LogP contribution in [0.4, 0.5) is 0 Å². The van der Waals surface area contributed by atoms with E-state index in [1.165, 1.54) is 7.11 Å². The highest BCUT2D eigenvalue weighted by Crippen LogP contribution is 1.99. The van der Waals surface area contributed by atoms with Crippen molar-refractivity contribution in [3.63, 3.8) is 0 Å². The molecule has 0 N–H and O–H groups in total. The SMILES string of the molecule is C=C(C)OC(=C)OC. The molecule has 2 heteroatoms. The first-order valence-corrected chi connectivity index (χ1v) is 2.23. The fourth-order valence-corrected chi connectivity index (χ4v) is 0.236. The molecule has 0 aliphatic rings. The van der Waals surface area contributed by atoms with Crippen LogP contribution in [0.5, 0.6) is 0 Å². The maximum atomic E-state index is 4.79. The third kappa shape index (κ3) is 3.28. The van der Waals surface area contributed by atoms with Gasteiger partial charge in [-0.3, -0.25) is 0 Å². The molecule has 0 saturated carbocycles. The molecular formula is C6H10O2. The number of hydrogen-bond acceptors (Lipinski definition) is 2. The molecule has 0 amide bonds. The summed E-state index contributed by atoms with van der Waals surface area (Å²) in [5.74, 6) is 0.856. The molecule has 0 aromatic heterocycles. The van der Waals surface area contributed by atoms with Crippen LogP contribution >= 0.6 is 0 Å². The molecule has 8 heavy (non-hydrogen) atoms. The van der Waals surface area contributed by atoms with E-state index in [1.54, 1.807) is 6.92 Å². The van der Waals surface area contributed by atoms with E-state index < -0.39 is 0 Å². The molecule has 0 bridgehead atoms. The van der Waals surface area contributed by atoms with Gasteiger partial charge in [0.05, 0.1) is 12.9 Å². The minimum Gasteiger partial charge on any atom is -0.469 e. The van der Waals surface area contributed by atoms with Gasteiger partial charge >= 0.3 is 0 Å². The third-order valence-corrected chi connectivity index (χ3v) is 0.516. The predicted octanol–water partition coefficient (Wildman–Crippen LogP) is 1.65. The van der Waals surface area contributed by atoms with Crippen molar-refractivity contribution < 1.29 is 9.47 Å². The van der Waals surface area contributed by atoms with Gasteiger partial charge in [0.2, 0.25) is 0 Å². The zero-order valence-electron chi connectivity index (χ0n) is 5.23. The Kier molecular flexibility index (Phi) is 2.77. The summed E-state index contributed by atoms with van der Waals surface area (Å²) in [6, 6.07) is 0. The molecule has 0 spiro atoms. The van der Waals surface area contributed by atoms with Gasteiger partial charge in [-0.05, 0) is 13.5 Å². The average molecular weight is 114 g/mol. The van der Waals surface area contributed by atoms with Gasteiger partial charge in [-0.2, -0.15) is 0 Å². The minimum absolute atomic E-state index is 0.275. The largest absolute Gasteiger partial charge is 0.469 e. The summed E-state index contributed by atoms with van der Waals surface area (Å²) in [5.41, 5.74) is 0. The van der Waals surface area contributed by atoms with Crippen molar-refractivity contribution in [2.75, 3.05) is 7.11 Å². The van der Waals surface area contributed by atoms with Gasteiger partial charge in [-0.15, -0.1) is 0 Å². The molecule has 0 heterocycles. The molecule has 2 nitrogen and oxygen atoms in total. The quantitative estimate of drug-likeness (QED) is 0.519. The van der Waals surface area contributed by atoms with E-state index in [0.29, 0.717) is 5.76 Å². The smallest absolute Gasteiger partial charge is 0.276 e. The lowest BCUT2D eigenvalue weighted by atomic mass is 10.7. The highest BCUT2D eigenvalue weighted by Gasteiger charge is 1.88. The Hall–Kier alpha value is -0.920. The van der Waals surface area contributed by atoms with Crippen LogP contribution in [-0.4, -0.2) is 7.11 Å². The van der Waals surface area contributed by atoms with E-state index >= 15 is 0 Å². The second-order valence-electron chi connectivity index (χ2n) is 1.38. The number of methoxy groups -OCH3 is 1. The van der Waals surface area contributed by atoms with Crippen molar-refractivity contribution in [1.82, 2.24) is 0 Å². The molecule has 0 unspecified atom stereocenters. The van der Waals surface area contributed by atoms with Crippen LogP contribution in [0.15, 0.2) is 24.9 Å². The van der Waals surface area contributed by atoms with E-state index in [0.717, 1.165) is 0 Å². The van der Waals surface area contributed by atoms with Gasteiger partial charge in [-0.25, -0.2) is 0 Å². The predicted molar refractivity (Wildman–Crippen MR) is 32.0 cm³/mol.